The minimum absolute atomic E-state index is 0.00809. The summed E-state index contributed by atoms with van der Waals surface area (Å²) in [7, 11) is 0. The first-order valence-electron chi connectivity index (χ1n) is 15.6. The van der Waals surface area contributed by atoms with Gasteiger partial charge in [0.2, 0.25) is 5.78 Å². The Morgan fingerprint density at radius 1 is 0.950 bits per heavy atom. The van der Waals surface area contributed by atoms with Crippen molar-refractivity contribution in [3.05, 3.63) is 21.3 Å². The molecule has 7 heteroatoms. The van der Waals surface area contributed by atoms with Crippen LogP contribution in [0.1, 0.15) is 113 Å². The van der Waals surface area contributed by atoms with Gasteiger partial charge >= 0.3 is 5.97 Å². The fourth-order valence-corrected chi connectivity index (χ4v) is 11.6. The van der Waals surface area contributed by atoms with Gasteiger partial charge in [-0.2, -0.15) is 0 Å². The average molecular weight is 556 g/mol. The molecule has 0 aromatic rings. The van der Waals surface area contributed by atoms with Crippen molar-refractivity contribution in [3.63, 3.8) is 0 Å². The molecule has 222 valence electrons. The minimum Gasteiger partial charge on any atom is -0.462 e. The lowest BCUT2D eigenvalue weighted by molar-refractivity contribution is -0.468. The highest BCUT2D eigenvalue weighted by molar-refractivity contribution is 6.07. The molecule has 0 saturated heterocycles. The third-order valence-corrected chi connectivity index (χ3v) is 13.5. The zero-order chi connectivity index (χ0) is 29.6. The number of nitrogens with zero attached hydrogens (tertiary/aromatic N) is 1. The van der Waals surface area contributed by atoms with E-state index in [1.54, 1.807) is 0 Å². The molecule has 8 atom stereocenters. The van der Waals surface area contributed by atoms with Crippen molar-refractivity contribution < 1.29 is 24.0 Å². The van der Waals surface area contributed by atoms with Gasteiger partial charge in [0.15, 0.2) is 5.78 Å². The SMILES string of the molecule is CC(=O)O[C@H]1CC[C@]2(C)[C@H]3CC[C@@H]4C5=C(C(C)C)C(=O)C[C@]5(C(=O)C[N+](=O)[O-])CC[C@@]4(C)[C@]3(C)CC[C@H]2C1(C)C. The summed E-state index contributed by atoms with van der Waals surface area (Å²) in [6.45, 7) is 16.8. The van der Waals surface area contributed by atoms with Crippen LogP contribution in [0.4, 0.5) is 0 Å². The molecule has 0 N–H and O–H groups in total. The molecule has 5 aliphatic rings. The summed E-state index contributed by atoms with van der Waals surface area (Å²) in [5, 5.41) is 11.5. The minimum atomic E-state index is -0.998. The van der Waals surface area contributed by atoms with Crippen molar-refractivity contribution in [3.8, 4) is 0 Å². The van der Waals surface area contributed by atoms with Crippen LogP contribution in [-0.2, 0) is 19.1 Å². The Bertz CT molecular complexity index is 1190. The molecule has 0 radical (unpaired) electrons. The van der Waals surface area contributed by atoms with E-state index in [2.05, 4.69) is 34.6 Å². The van der Waals surface area contributed by atoms with E-state index in [1.807, 2.05) is 13.8 Å². The molecule has 0 aromatic carbocycles. The first-order valence-corrected chi connectivity index (χ1v) is 15.6. The normalized spacial score (nSPS) is 43.9. The number of rotatable bonds is 5. The summed E-state index contributed by atoms with van der Waals surface area (Å²) in [6.07, 6.45) is 7.38. The zero-order valence-electron chi connectivity index (χ0n) is 25.9. The maximum Gasteiger partial charge on any atom is 0.302 e. The number of esters is 1. The van der Waals surface area contributed by atoms with E-state index in [0.29, 0.717) is 18.3 Å². The molecule has 40 heavy (non-hydrogen) atoms. The van der Waals surface area contributed by atoms with Crippen LogP contribution in [-0.4, -0.2) is 35.1 Å². The Hall–Kier alpha value is -2.05. The topological polar surface area (TPSA) is 104 Å². The summed E-state index contributed by atoms with van der Waals surface area (Å²) < 4.78 is 5.86. The van der Waals surface area contributed by atoms with Gasteiger partial charge in [-0.25, -0.2) is 0 Å². The van der Waals surface area contributed by atoms with Crippen LogP contribution in [0.2, 0.25) is 0 Å². The number of Topliss-reactive ketones (excluding diaryl/α,β-unsaturated/α-hetero) is 2. The number of carbonyl (C=O) groups excluding carboxylic acids is 3. The highest BCUT2D eigenvalue weighted by atomic mass is 16.6. The van der Waals surface area contributed by atoms with Crippen LogP contribution in [0.3, 0.4) is 0 Å². The van der Waals surface area contributed by atoms with Gasteiger partial charge in [0.25, 0.3) is 6.54 Å². The summed E-state index contributed by atoms with van der Waals surface area (Å²) >= 11 is 0. The third-order valence-electron chi connectivity index (χ3n) is 13.5. The number of nitro groups is 1. The van der Waals surface area contributed by atoms with E-state index in [1.165, 1.54) is 6.92 Å². The summed E-state index contributed by atoms with van der Waals surface area (Å²) in [6, 6.07) is 0. The van der Waals surface area contributed by atoms with Crippen molar-refractivity contribution in [2.45, 2.75) is 119 Å². The largest absolute Gasteiger partial charge is 0.462 e. The smallest absolute Gasteiger partial charge is 0.302 e. The van der Waals surface area contributed by atoms with E-state index in [9.17, 15) is 24.5 Å². The summed E-state index contributed by atoms with van der Waals surface area (Å²) in [4.78, 5) is 50.0. The van der Waals surface area contributed by atoms with Gasteiger partial charge in [0.1, 0.15) is 6.10 Å². The molecule has 0 spiro atoms. The highest BCUT2D eigenvalue weighted by Gasteiger charge is 2.71. The predicted octanol–water partition coefficient (Wildman–Crippen LogP) is 6.74. The first-order chi connectivity index (χ1) is 18.5. The van der Waals surface area contributed by atoms with Crippen LogP contribution >= 0.6 is 0 Å². The summed E-state index contributed by atoms with van der Waals surface area (Å²) in [5.74, 6) is 0.470. The van der Waals surface area contributed by atoms with Crippen LogP contribution in [0.5, 0.6) is 0 Å². The van der Waals surface area contributed by atoms with Crippen molar-refractivity contribution in [1.29, 1.82) is 0 Å². The van der Waals surface area contributed by atoms with E-state index >= 15 is 0 Å². The number of carbonyl (C=O) groups is 3. The number of ether oxygens (including phenoxy) is 1. The maximum absolute atomic E-state index is 13.6. The Morgan fingerprint density at radius 3 is 2.23 bits per heavy atom. The Kier molecular flexibility index (Phi) is 6.79. The molecule has 0 aromatic heterocycles. The molecule has 4 saturated carbocycles. The standard InChI is InChI=1S/C33H49NO6/c1-19(2)27-22(36)17-33(25(37)18-34(38)39)16-15-31(7)21(28(27)33)9-10-24-30(6)13-12-26(40-20(3)35)29(4,5)23(30)11-14-32(24,31)8/h19,21,23-24,26H,9-18H2,1-8H3/t21-,23+,24-,26+,30+,31-,32-,33+/m1/s1. The fraction of sp³-hybridized carbons (Fsp3) is 0.848. The highest BCUT2D eigenvalue weighted by Crippen LogP contribution is 2.76. The van der Waals surface area contributed by atoms with Crippen LogP contribution in [0.15, 0.2) is 11.1 Å². The molecule has 7 nitrogen and oxygen atoms in total. The van der Waals surface area contributed by atoms with E-state index in [4.69, 9.17) is 4.74 Å². The Labute approximate surface area is 239 Å². The average Bonchev–Trinajstić information content (AvgIpc) is 3.14. The number of hydrogen-bond donors (Lipinski definition) is 0. The van der Waals surface area contributed by atoms with Gasteiger partial charge < -0.3 is 4.74 Å². The molecular formula is C33H49NO6. The predicted molar refractivity (Wildman–Crippen MR) is 152 cm³/mol. The molecule has 5 aliphatic carbocycles. The first kappa shape index (κ1) is 29.4. The molecule has 4 fully saturated rings. The molecule has 0 unspecified atom stereocenters. The van der Waals surface area contributed by atoms with Gasteiger partial charge in [0, 0.05) is 23.7 Å². The number of allylic oxidation sites excluding steroid dienone is 2. The lowest BCUT2D eigenvalue weighted by atomic mass is 9.33. The van der Waals surface area contributed by atoms with E-state index in [0.717, 1.165) is 56.1 Å². The molecule has 0 amide bonds. The number of ketones is 2. The lowest BCUT2D eigenvalue weighted by Crippen LogP contribution is -2.66. The number of fused-ring (bicyclic) bond motifs is 7. The van der Waals surface area contributed by atoms with Crippen molar-refractivity contribution in [2.24, 2.45) is 50.7 Å². The van der Waals surface area contributed by atoms with Gasteiger partial charge in [-0.1, -0.05) is 48.5 Å². The van der Waals surface area contributed by atoms with E-state index in [-0.39, 0.29) is 63.6 Å². The van der Waals surface area contributed by atoms with Gasteiger partial charge in [-0.3, -0.25) is 24.5 Å². The maximum atomic E-state index is 13.6. The second kappa shape index (κ2) is 9.22. The fourth-order valence-electron chi connectivity index (χ4n) is 11.6. The molecule has 5 rings (SSSR count). The van der Waals surface area contributed by atoms with E-state index < -0.39 is 16.9 Å². The molecule has 0 bridgehead atoms. The molecular weight excluding hydrogens is 506 g/mol. The second-order valence-corrected chi connectivity index (χ2v) is 15.7. The quantitative estimate of drug-likeness (QED) is 0.211. The van der Waals surface area contributed by atoms with Crippen molar-refractivity contribution >= 4 is 17.5 Å². The number of hydrogen-bond acceptors (Lipinski definition) is 6. The van der Waals surface area contributed by atoms with Crippen LogP contribution in [0.25, 0.3) is 0 Å². The molecule has 0 aliphatic heterocycles. The van der Waals surface area contributed by atoms with Crippen molar-refractivity contribution in [1.82, 2.24) is 0 Å². The van der Waals surface area contributed by atoms with Gasteiger partial charge in [-0.15, -0.1) is 0 Å². The van der Waals surface area contributed by atoms with Gasteiger partial charge in [0.05, 0.1) is 5.41 Å². The Balaban J connectivity index is 1.57. The molecule has 0 heterocycles. The third kappa shape index (κ3) is 3.77. The second-order valence-electron chi connectivity index (χ2n) is 15.7. The van der Waals surface area contributed by atoms with Gasteiger partial charge in [-0.05, 0) is 102 Å². The monoisotopic (exact) mass is 555 g/mol. The zero-order valence-corrected chi connectivity index (χ0v) is 25.9. The van der Waals surface area contributed by atoms with Crippen LogP contribution in [0, 0.1) is 60.9 Å². The van der Waals surface area contributed by atoms with Crippen molar-refractivity contribution in [2.75, 3.05) is 6.54 Å². The Morgan fingerprint density at radius 2 is 1.62 bits per heavy atom. The summed E-state index contributed by atoms with van der Waals surface area (Å²) in [5.41, 5.74) is 0.695. The van der Waals surface area contributed by atoms with Crippen LogP contribution < -0.4 is 0 Å². The lowest BCUT2D eigenvalue weighted by Gasteiger charge is -2.72.